The number of aromatic nitrogens is 1. The highest BCUT2D eigenvalue weighted by Crippen LogP contribution is 2.33. The second-order valence-electron chi connectivity index (χ2n) is 6.38. The lowest BCUT2D eigenvalue weighted by atomic mass is 9.97. The average molecular weight is 372 g/mol. The van der Waals surface area contributed by atoms with E-state index in [2.05, 4.69) is 15.6 Å². The third-order valence-electron chi connectivity index (χ3n) is 4.62. The second-order valence-corrected chi connectivity index (χ2v) is 7.44. The van der Waals surface area contributed by atoms with Gasteiger partial charge < -0.3 is 15.4 Å². The number of para-hydroxylation sites is 2. The second kappa shape index (κ2) is 7.43. The van der Waals surface area contributed by atoms with Gasteiger partial charge in [-0.25, -0.2) is 4.98 Å². The molecule has 0 aliphatic carbocycles. The third kappa shape index (κ3) is 3.56. The molecule has 2 aliphatic rings. The van der Waals surface area contributed by atoms with E-state index in [9.17, 15) is 9.59 Å². The number of benzene rings is 1. The molecule has 1 saturated heterocycles. The van der Waals surface area contributed by atoms with E-state index in [4.69, 9.17) is 4.74 Å². The van der Waals surface area contributed by atoms with Crippen molar-refractivity contribution in [3.05, 3.63) is 35.3 Å². The number of piperidine rings is 1. The van der Waals surface area contributed by atoms with Gasteiger partial charge >= 0.3 is 0 Å². The van der Waals surface area contributed by atoms with E-state index < -0.39 is 0 Å². The van der Waals surface area contributed by atoms with Crippen molar-refractivity contribution in [3.8, 4) is 5.75 Å². The average Bonchev–Trinajstić information content (AvgIpc) is 3.13. The van der Waals surface area contributed by atoms with E-state index in [1.165, 1.54) is 21.1 Å². The van der Waals surface area contributed by atoms with Gasteiger partial charge in [-0.05, 0) is 44.0 Å². The first-order valence-corrected chi connectivity index (χ1v) is 9.51. The minimum absolute atomic E-state index is 0.0541. The van der Waals surface area contributed by atoms with Crippen LogP contribution in [0.25, 0.3) is 0 Å². The summed E-state index contributed by atoms with van der Waals surface area (Å²) in [4.78, 5) is 31.6. The van der Waals surface area contributed by atoms with Crippen LogP contribution in [0.4, 0.5) is 10.8 Å². The first-order valence-electron chi connectivity index (χ1n) is 8.69. The zero-order valence-corrected chi connectivity index (χ0v) is 15.1. The van der Waals surface area contributed by atoms with Gasteiger partial charge in [0.05, 0.1) is 5.69 Å². The minimum atomic E-state index is -0.263. The number of anilines is 2. The quantitative estimate of drug-likeness (QED) is 0.857. The van der Waals surface area contributed by atoms with Crippen LogP contribution in [-0.2, 0) is 9.59 Å². The van der Waals surface area contributed by atoms with Gasteiger partial charge in [0.1, 0.15) is 12.3 Å². The number of thiazole rings is 1. The van der Waals surface area contributed by atoms with Gasteiger partial charge in [0.25, 0.3) is 5.91 Å². The number of hydrogen-bond acceptors (Lipinski definition) is 6. The summed E-state index contributed by atoms with van der Waals surface area (Å²) in [6.45, 7) is 1.93. The van der Waals surface area contributed by atoms with Gasteiger partial charge in [0.2, 0.25) is 5.91 Å². The van der Waals surface area contributed by atoms with Crippen LogP contribution >= 0.6 is 11.3 Å². The summed E-state index contributed by atoms with van der Waals surface area (Å²) in [7, 11) is 0. The monoisotopic (exact) mass is 372 g/mol. The molecule has 0 bridgehead atoms. The summed E-state index contributed by atoms with van der Waals surface area (Å²) in [5.74, 6) is 0.629. The molecule has 2 N–H and O–H groups in total. The highest BCUT2D eigenvalue weighted by atomic mass is 32.1. The summed E-state index contributed by atoms with van der Waals surface area (Å²) < 4.78 is 5.40. The van der Waals surface area contributed by atoms with Crippen molar-refractivity contribution in [2.75, 3.05) is 36.5 Å². The van der Waals surface area contributed by atoms with Gasteiger partial charge in [0.15, 0.2) is 11.7 Å². The fraction of sp³-hybridized carbons (Fsp3) is 0.389. The number of carbonyl (C=O) groups excluding carboxylic acids is 2. The third-order valence-corrected chi connectivity index (χ3v) is 5.70. The number of fused-ring (bicyclic) bond motifs is 1. The zero-order chi connectivity index (χ0) is 17.9. The van der Waals surface area contributed by atoms with Crippen molar-refractivity contribution >= 4 is 34.0 Å². The largest absolute Gasteiger partial charge is 0.482 e. The number of hydrogen-bond donors (Lipinski definition) is 2. The summed E-state index contributed by atoms with van der Waals surface area (Å²) >= 11 is 1.52. The summed E-state index contributed by atoms with van der Waals surface area (Å²) in [5, 5.41) is 6.75. The van der Waals surface area contributed by atoms with E-state index in [0.717, 1.165) is 25.9 Å². The molecule has 1 aromatic heterocycles. The molecule has 8 heteroatoms. The number of nitrogens with one attached hydrogen (secondary N) is 2. The van der Waals surface area contributed by atoms with Crippen LogP contribution in [0.1, 0.15) is 23.6 Å². The number of carbonyl (C=O) groups is 2. The van der Waals surface area contributed by atoms with E-state index in [1.807, 2.05) is 18.3 Å². The topological polar surface area (TPSA) is 83.6 Å². The molecule has 2 amide bonds. The maximum absolute atomic E-state index is 12.4. The maximum atomic E-state index is 12.4. The van der Waals surface area contributed by atoms with E-state index in [-0.39, 0.29) is 25.0 Å². The van der Waals surface area contributed by atoms with Crippen LogP contribution in [0, 0.1) is 0 Å². The lowest BCUT2D eigenvalue weighted by molar-refractivity contribution is -0.123. The van der Waals surface area contributed by atoms with Crippen molar-refractivity contribution < 1.29 is 14.3 Å². The van der Waals surface area contributed by atoms with Gasteiger partial charge in [-0.15, -0.1) is 11.3 Å². The van der Waals surface area contributed by atoms with Crippen LogP contribution in [0.15, 0.2) is 30.5 Å². The molecule has 2 aliphatic heterocycles. The smallest absolute Gasteiger partial charge is 0.265 e. The first kappa shape index (κ1) is 17.0. The molecule has 26 heavy (non-hydrogen) atoms. The van der Waals surface area contributed by atoms with E-state index in [0.29, 0.717) is 22.5 Å². The van der Waals surface area contributed by atoms with Gasteiger partial charge in [-0.2, -0.15) is 0 Å². The fourth-order valence-electron chi connectivity index (χ4n) is 3.27. The summed E-state index contributed by atoms with van der Waals surface area (Å²) in [5.41, 5.74) is 0.619. The molecule has 1 aromatic carbocycles. The number of nitrogens with zero attached hydrogens (tertiary/aromatic N) is 2. The van der Waals surface area contributed by atoms with Crippen molar-refractivity contribution in [1.82, 2.24) is 10.3 Å². The summed E-state index contributed by atoms with van der Waals surface area (Å²) in [6.07, 6.45) is 4.04. The lowest BCUT2D eigenvalue weighted by Crippen LogP contribution is -2.43. The van der Waals surface area contributed by atoms with Gasteiger partial charge in [-0.3, -0.25) is 14.5 Å². The van der Waals surface area contributed by atoms with Gasteiger partial charge in [-0.1, -0.05) is 12.1 Å². The molecule has 4 rings (SSSR count). The maximum Gasteiger partial charge on any atom is 0.265 e. The molecule has 1 fully saturated rings. The van der Waals surface area contributed by atoms with Gasteiger partial charge in [0, 0.05) is 11.1 Å². The molecular formula is C18H20N4O3S. The highest BCUT2D eigenvalue weighted by Gasteiger charge is 2.27. The molecule has 0 radical (unpaired) electrons. The fourth-order valence-corrected chi connectivity index (χ4v) is 4.27. The van der Waals surface area contributed by atoms with Crippen molar-refractivity contribution in [2.45, 2.75) is 18.8 Å². The van der Waals surface area contributed by atoms with E-state index >= 15 is 0 Å². The molecule has 136 valence electrons. The predicted octanol–water partition coefficient (Wildman–Crippen LogP) is 1.97. The predicted molar refractivity (Wildman–Crippen MR) is 99.9 cm³/mol. The SMILES string of the molecule is O=C(CN1C(=O)COc2ccccc21)Nc1ncc(C2CCNCC2)s1. The molecular weight excluding hydrogens is 352 g/mol. The molecule has 2 aromatic rings. The Hall–Kier alpha value is -2.45. The molecule has 0 unspecified atom stereocenters. The Morgan fingerprint density at radius 1 is 1.35 bits per heavy atom. The van der Waals surface area contributed by atoms with Crippen LogP contribution in [0.3, 0.4) is 0 Å². The molecule has 0 spiro atoms. The van der Waals surface area contributed by atoms with E-state index in [1.54, 1.807) is 12.1 Å². The van der Waals surface area contributed by atoms with Crippen LogP contribution < -0.4 is 20.3 Å². The van der Waals surface area contributed by atoms with Crippen LogP contribution in [0.5, 0.6) is 5.75 Å². The van der Waals surface area contributed by atoms with Crippen LogP contribution in [0.2, 0.25) is 0 Å². The zero-order valence-electron chi connectivity index (χ0n) is 14.2. The Kier molecular flexibility index (Phi) is 4.85. The molecule has 0 saturated carbocycles. The van der Waals surface area contributed by atoms with Crippen molar-refractivity contribution in [3.63, 3.8) is 0 Å². The van der Waals surface area contributed by atoms with Crippen molar-refractivity contribution in [2.24, 2.45) is 0 Å². The Labute approximate surface area is 155 Å². The Morgan fingerprint density at radius 3 is 3.00 bits per heavy atom. The van der Waals surface area contributed by atoms with Crippen LogP contribution in [-0.4, -0.2) is 43.0 Å². The van der Waals surface area contributed by atoms with Crippen molar-refractivity contribution in [1.29, 1.82) is 0 Å². The molecule has 3 heterocycles. The number of amides is 2. The normalized spacial score (nSPS) is 17.5. The molecule has 0 atom stereocenters. The Morgan fingerprint density at radius 2 is 2.15 bits per heavy atom. The molecule has 7 nitrogen and oxygen atoms in total. The Bertz CT molecular complexity index is 816. The minimum Gasteiger partial charge on any atom is -0.482 e. The number of ether oxygens (including phenoxy) is 1. The Balaban J connectivity index is 1.41. The standard InChI is InChI=1S/C18H20N4O3S/c23-16(10-22-13-3-1-2-4-14(13)25-11-17(22)24)21-18-20-9-15(26-18)12-5-7-19-8-6-12/h1-4,9,12,19H,5-8,10-11H2,(H,20,21,23). The highest BCUT2D eigenvalue weighted by molar-refractivity contribution is 7.15. The first-order chi connectivity index (χ1) is 12.7. The lowest BCUT2D eigenvalue weighted by Gasteiger charge is -2.28. The summed E-state index contributed by atoms with van der Waals surface area (Å²) in [6, 6.07) is 7.22. The number of rotatable bonds is 4.